The number of rotatable bonds is 4. The summed E-state index contributed by atoms with van der Waals surface area (Å²) in [5.74, 6) is -0.294. The lowest BCUT2D eigenvalue weighted by molar-refractivity contribution is -0.0309. The highest BCUT2D eigenvalue weighted by atomic mass is 19.1. The Morgan fingerprint density at radius 3 is 2.57 bits per heavy atom. The van der Waals surface area contributed by atoms with Gasteiger partial charge in [-0.2, -0.15) is 0 Å². The van der Waals surface area contributed by atoms with Gasteiger partial charge in [0.1, 0.15) is 11.9 Å². The number of aliphatic hydroxyl groups is 1. The van der Waals surface area contributed by atoms with Gasteiger partial charge in [0.25, 0.3) is 0 Å². The molecule has 2 rings (SSSR count). The van der Waals surface area contributed by atoms with Crippen LogP contribution >= 0.6 is 0 Å². The lowest BCUT2D eigenvalue weighted by atomic mass is 9.97. The zero-order chi connectivity index (χ0) is 15.6. The number of ether oxygens (including phenoxy) is 1. The highest BCUT2D eigenvalue weighted by Gasteiger charge is 2.33. The fourth-order valence-electron chi connectivity index (χ4n) is 2.62. The van der Waals surface area contributed by atoms with E-state index in [1.807, 2.05) is 6.92 Å². The lowest BCUT2D eigenvalue weighted by Crippen LogP contribution is -2.45. The van der Waals surface area contributed by atoms with Crippen LogP contribution < -0.4 is 0 Å². The van der Waals surface area contributed by atoms with Crippen LogP contribution in [0.15, 0.2) is 24.3 Å². The summed E-state index contributed by atoms with van der Waals surface area (Å²) in [6.07, 6.45) is 0.472. The standard InChI is InChI=1S/C16H22FNO3/c1-11(12-4-6-13(17)7-5-12)18-9-8-14(21-15(18)19)10-16(2,3)20/h4-7,11,14,20H,8-10H2,1-3H3. The third kappa shape index (κ3) is 4.17. The molecule has 1 amide bonds. The number of cyclic esters (lactones) is 1. The molecule has 21 heavy (non-hydrogen) atoms. The van der Waals surface area contributed by atoms with Gasteiger partial charge in [-0.1, -0.05) is 12.1 Å². The topological polar surface area (TPSA) is 49.8 Å². The minimum atomic E-state index is -0.851. The first-order valence-electron chi connectivity index (χ1n) is 7.21. The molecule has 1 aliphatic rings. The number of amides is 1. The second-order valence-corrected chi connectivity index (χ2v) is 6.23. The molecule has 0 saturated carbocycles. The van der Waals surface area contributed by atoms with Crippen molar-refractivity contribution in [3.63, 3.8) is 0 Å². The molecule has 0 bridgehead atoms. The molecule has 1 N–H and O–H groups in total. The molecule has 1 heterocycles. The van der Waals surface area contributed by atoms with Crippen LogP contribution in [-0.2, 0) is 4.74 Å². The zero-order valence-corrected chi connectivity index (χ0v) is 12.7. The Bertz CT molecular complexity index is 495. The maximum atomic E-state index is 12.9. The smallest absolute Gasteiger partial charge is 0.410 e. The highest BCUT2D eigenvalue weighted by molar-refractivity contribution is 5.69. The van der Waals surface area contributed by atoms with Crippen molar-refractivity contribution < 1.29 is 19.0 Å². The van der Waals surface area contributed by atoms with Crippen molar-refractivity contribution in [1.82, 2.24) is 4.90 Å². The van der Waals surface area contributed by atoms with Crippen molar-refractivity contribution in [2.75, 3.05) is 6.54 Å². The van der Waals surface area contributed by atoms with Crippen LogP contribution in [0.5, 0.6) is 0 Å². The summed E-state index contributed by atoms with van der Waals surface area (Å²) in [5.41, 5.74) is 0.0182. The van der Waals surface area contributed by atoms with E-state index in [1.54, 1.807) is 30.9 Å². The molecule has 116 valence electrons. The molecule has 1 fully saturated rings. The van der Waals surface area contributed by atoms with Crippen LogP contribution in [0.4, 0.5) is 9.18 Å². The number of nitrogens with zero attached hydrogens (tertiary/aromatic N) is 1. The number of hydrogen-bond donors (Lipinski definition) is 1. The van der Waals surface area contributed by atoms with Gasteiger partial charge in [-0.05, 0) is 38.5 Å². The molecule has 1 saturated heterocycles. The average molecular weight is 295 g/mol. The monoisotopic (exact) mass is 295 g/mol. The predicted octanol–water partition coefficient (Wildman–Crippen LogP) is 3.26. The third-order valence-corrected chi connectivity index (χ3v) is 3.74. The van der Waals surface area contributed by atoms with E-state index in [1.165, 1.54) is 12.1 Å². The lowest BCUT2D eigenvalue weighted by Gasteiger charge is -2.37. The molecule has 0 radical (unpaired) electrons. The fraction of sp³-hybridized carbons (Fsp3) is 0.562. The first-order chi connectivity index (χ1) is 9.76. The van der Waals surface area contributed by atoms with Crippen molar-refractivity contribution in [1.29, 1.82) is 0 Å². The number of carbonyl (C=O) groups is 1. The Hall–Kier alpha value is -1.62. The average Bonchev–Trinajstić information content (AvgIpc) is 2.37. The maximum Gasteiger partial charge on any atom is 0.410 e. The number of benzene rings is 1. The van der Waals surface area contributed by atoms with E-state index in [0.717, 1.165) is 5.56 Å². The summed E-state index contributed by atoms with van der Waals surface area (Å²) in [5, 5.41) is 9.79. The van der Waals surface area contributed by atoms with E-state index in [-0.39, 0.29) is 24.1 Å². The van der Waals surface area contributed by atoms with Crippen LogP contribution in [0.2, 0.25) is 0 Å². The molecule has 2 atom stereocenters. The second-order valence-electron chi connectivity index (χ2n) is 6.23. The zero-order valence-electron chi connectivity index (χ0n) is 12.7. The Kier molecular flexibility index (Phi) is 4.52. The summed E-state index contributed by atoms with van der Waals surface area (Å²) in [6, 6.07) is 5.96. The molecule has 0 aliphatic carbocycles. The van der Waals surface area contributed by atoms with Crippen LogP contribution in [-0.4, -0.2) is 34.3 Å². The van der Waals surface area contributed by atoms with Gasteiger partial charge < -0.3 is 14.7 Å². The fourth-order valence-corrected chi connectivity index (χ4v) is 2.62. The molecule has 2 unspecified atom stereocenters. The largest absolute Gasteiger partial charge is 0.446 e. The minimum Gasteiger partial charge on any atom is -0.446 e. The molecular weight excluding hydrogens is 273 g/mol. The molecular formula is C16H22FNO3. The Morgan fingerprint density at radius 1 is 1.43 bits per heavy atom. The number of halogens is 1. The predicted molar refractivity (Wildman–Crippen MR) is 77.3 cm³/mol. The van der Waals surface area contributed by atoms with Crippen LogP contribution in [0, 0.1) is 5.82 Å². The van der Waals surface area contributed by atoms with E-state index in [9.17, 15) is 14.3 Å². The van der Waals surface area contributed by atoms with Gasteiger partial charge in [0.2, 0.25) is 0 Å². The Morgan fingerprint density at radius 2 is 2.05 bits per heavy atom. The van der Waals surface area contributed by atoms with Crippen molar-refractivity contribution in [2.24, 2.45) is 0 Å². The molecule has 0 spiro atoms. The van der Waals surface area contributed by atoms with Gasteiger partial charge in [0.15, 0.2) is 0 Å². The Labute approximate surface area is 124 Å². The minimum absolute atomic E-state index is 0.166. The molecule has 0 aromatic heterocycles. The molecule has 1 aromatic rings. The maximum absolute atomic E-state index is 12.9. The summed E-state index contributed by atoms with van der Waals surface area (Å²) in [4.78, 5) is 13.8. The SMILES string of the molecule is CC(c1ccc(F)cc1)N1CCC(CC(C)(C)O)OC1=O. The van der Waals surface area contributed by atoms with Crippen molar-refractivity contribution in [3.8, 4) is 0 Å². The van der Waals surface area contributed by atoms with Gasteiger partial charge >= 0.3 is 6.09 Å². The van der Waals surface area contributed by atoms with Crippen LogP contribution in [0.25, 0.3) is 0 Å². The van der Waals surface area contributed by atoms with Crippen molar-refractivity contribution in [2.45, 2.75) is 51.4 Å². The first kappa shape index (κ1) is 15.8. The molecule has 5 heteroatoms. The van der Waals surface area contributed by atoms with E-state index in [2.05, 4.69) is 0 Å². The van der Waals surface area contributed by atoms with Gasteiger partial charge in [-0.3, -0.25) is 0 Å². The summed E-state index contributed by atoms with van der Waals surface area (Å²) >= 11 is 0. The van der Waals surface area contributed by atoms with Crippen molar-refractivity contribution >= 4 is 6.09 Å². The van der Waals surface area contributed by atoms with E-state index < -0.39 is 5.60 Å². The van der Waals surface area contributed by atoms with Gasteiger partial charge in [-0.25, -0.2) is 9.18 Å². The van der Waals surface area contributed by atoms with E-state index in [0.29, 0.717) is 19.4 Å². The second kappa shape index (κ2) is 6.02. The molecule has 1 aliphatic heterocycles. The van der Waals surface area contributed by atoms with Crippen LogP contribution in [0.3, 0.4) is 0 Å². The third-order valence-electron chi connectivity index (χ3n) is 3.74. The summed E-state index contributed by atoms with van der Waals surface area (Å²) < 4.78 is 18.3. The summed E-state index contributed by atoms with van der Waals surface area (Å²) in [7, 11) is 0. The first-order valence-corrected chi connectivity index (χ1v) is 7.21. The van der Waals surface area contributed by atoms with Gasteiger partial charge in [0.05, 0.1) is 11.6 Å². The van der Waals surface area contributed by atoms with Crippen molar-refractivity contribution in [3.05, 3.63) is 35.6 Å². The number of carbonyl (C=O) groups excluding carboxylic acids is 1. The highest BCUT2D eigenvalue weighted by Crippen LogP contribution is 2.27. The quantitative estimate of drug-likeness (QED) is 0.927. The van der Waals surface area contributed by atoms with E-state index in [4.69, 9.17) is 4.74 Å². The molecule has 1 aromatic carbocycles. The normalized spacial score (nSPS) is 21.1. The van der Waals surface area contributed by atoms with Gasteiger partial charge in [0, 0.05) is 19.4 Å². The number of hydrogen-bond acceptors (Lipinski definition) is 3. The van der Waals surface area contributed by atoms with Gasteiger partial charge in [-0.15, -0.1) is 0 Å². The molecule has 4 nitrogen and oxygen atoms in total. The summed E-state index contributed by atoms with van der Waals surface area (Å²) in [6.45, 7) is 5.87. The Balaban J connectivity index is 2.00. The van der Waals surface area contributed by atoms with E-state index >= 15 is 0 Å². The van der Waals surface area contributed by atoms with Crippen LogP contribution in [0.1, 0.15) is 45.2 Å².